The summed E-state index contributed by atoms with van der Waals surface area (Å²) in [7, 11) is 0. The Morgan fingerprint density at radius 3 is 0.872 bits per heavy atom. The zero-order valence-corrected chi connectivity index (χ0v) is 26.9. The Labute approximate surface area is 282 Å². The second-order valence-corrected chi connectivity index (χ2v) is 10.9. The largest absolute Gasteiger partial charge is 2.00 e. The summed E-state index contributed by atoms with van der Waals surface area (Å²) in [5.74, 6) is 0. The summed E-state index contributed by atoms with van der Waals surface area (Å²) < 4.78 is 0. The van der Waals surface area contributed by atoms with Crippen molar-refractivity contribution in [3.63, 3.8) is 0 Å². The Hall–Kier alpha value is -5.85. The monoisotopic (exact) mass is 785 g/mol. The van der Waals surface area contributed by atoms with Crippen molar-refractivity contribution in [1.82, 2.24) is 39.9 Å². The number of hydrogen-bond donors (Lipinski definition) is 0. The van der Waals surface area contributed by atoms with Gasteiger partial charge in [0.05, 0.1) is 22.6 Å². The third-order valence-electron chi connectivity index (χ3n) is 7.93. The molecule has 9 heteroatoms. The number of rotatable bonds is 2. The van der Waals surface area contributed by atoms with Crippen molar-refractivity contribution in [3.8, 4) is 22.3 Å². The average Bonchev–Trinajstić information content (AvgIpc) is 3.62. The third-order valence-corrected chi connectivity index (χ3v) is 7.93. The molecule has 0 amide bonds. The fraction of sp³-hybridized carbons (Fsp3) is 0. The van der Waals surface area contributed by atoms with Gasteiger partial charge in [-0.2, -0.15) is 0 Å². The summed E-state index contributed by atoms with van der Waals surface area (Å²) >= 11 is 0. The number of hydrogen-bond acceptors (Lipinski definition) is 6. The molecule has 0 aliphatic carbocycles. The van der Waals surface area contributed by atoms with Gasteiger partial charge in [0.1, 0.15) is 0 Å². The van der Waals surface area contributed by atoms with Crippen molar-refractivity contribution in [2.75, 3.05) is 0 Å². The molecule has 0 N–H and O–H groups in total. The van der Waals surface area contributed by atoms with Crippen molar-refractivity contribution >= 4 is 66.7 Å². The predicted molar refractivity (Wildman–Crippen MR) is 182 cm³/mol. The fourth-order valence-corrected chi connectivity index (χ4v) is 5.79. The van der Waals surface area contributed by atoms with E-state index in [2.05, 4.69) is 24.3 Å². The normalized spacial score (nSPS) is 11.2. The standard InChI is InChI=1S/C38H22N8.Pt/c1-3-11-23(12-4-1)25-19-31-39-32(20-25)42-36-28-16-8-10-18-30(28)38(46-36)44-34-22-26(24-13-5-2-6-14-24)21-33(40-34)43-37-29-17-9-7-15-27(29)35(41-31)45-37;/h1-22H;/q-2;+2. The van der Waals surface area contributed by atoms with E-state index in [0.717, 1.165) is 43.8 Å². The van der Waals surface area contributed by atoms with Gasteiger partial charge in [-0.15, -0.1) is 0 Å². The molecule has 8 nitrogen and oxygen atoms in total. The van der Waals surface area contributed by atoms with Gasteiger partial charge in [-0.05, 0) is 68.1 Å². The molecule has 9 rings (SSSR count). The second kappa shape index (κ2) is 11.8. The molecule has 0 radical (unpaired) electrons. The SMILES string of the molecule is [Pt+2].c1ccc(-c2cc3nc(c2)nc2[n-]c(nc4cc(-c5ccccc5)cc(n4)nc4[n-]c(n3)c3ccccc43)c3ccccc23)cc1. The summed E-state index contributed by atoms with van der Waals surface area (Å²) in [5, 5.41) is 3.47. The van der Waals surface area contributed by atoms with Gasteiger partial charge in [-0.25, -0.2) is 9.97 Å². The zero-order chi connectivity index (χ0) is 30.5. The Kier molecular flexibility index (Phi) is 7.20. The molecule has 0 atom stereocenters. The average molecular weight is 786 g/mol. The summed E-state index contributed by atoms with van der Waals surface area (Å²) in [5.41, 5.74) is 7.93. The quantitative estimate of drug-likeness (QED) is 0.174. The van der Waals surface area contributed by atoms with Crippen molar-refractivity contribution in [1.29, 1.82) is 0 Å². The number of aromatic nitrogens is 8. The number of benzene rings is 4. The van der Waals surface area contributed by atoms with Gasteiger partial charge in [0, 0.05) is 22.6 Å². The van der Waals surface area contributed by atoms with Crippen molar-refractivity contribution in [3.05, 3.63) is 133 Å². The van der Waals surface area contributed by atoms with Crippen LogP contribution in [0.2, 0.25) is 0 Å². The third kappa shape index (κ3) is 5.39. The molecule has 0 aliphatic heterocycles. The molecule has 47 heavy (non-hydrogen) atoms. The van der Waals surface area contributed by atoms with Crippen molar-refractivity contribution in [2.24, 2.45) is 0 Å². The van der Waals surface area contributed by atoms with Gasteiger partial charge in [-0.1, -0.05) is 109 Å². The van der Waals surface area contributed by atoms with Crippen LogP contribution >= 0.6 is 0 Å². The molecule has 0 aliphatic rings. The van der Waals surface area contributed by atoms with Crippen molar-refractivity contribution in [2.45, 2.75) is 0 Å². The van der Waals surface area contributed by atoms with Crippen LogP contribution in [0.1, 0.15) is 0 Å². The van der Waals surface area contributed by atoms with Crippen LogP contribution in [0.4, 0.5) is 0 Å². The Morgan fingerprint density at radius 2 is 0.574 bits per heavy atom. The topological polar surface area (TPSA) is 106 Å². The first kappa shape index (κ1) is 28.6. The van der Waals surface area contributed by atoms with Gasteiger partial charge in [0.2, 0.25) is 0 Å². The molecule has 0 saturated carbocycles. The maximum Gasteiger partial charge on any atom is 2.00 e. The summed E-state index contributed by atoms with van der Waals surface area (Å²) in [6.45, 7) is 0. The van der Waals surface area contributed by atoms with E-state index in [1.807, 2.05) is 109 Å². The van der Waals surface area contributed by atoms with Gasteiger partial charge in [0.25, 0.3) is 0 Å². The Morgan fingerprint density at radius 1 is 0.298 bits per heavy atom. The second-order valence-electron chi connectivity index (χ2n) is 10.9. The molecular weight excluding hydrogens is 764 g/mol. The van der Waals surface area contributed by atoms with Gasteiger partial charge < -0.3 is 29.9 Å². The van der Waals surface area contributed by atoms with Crippen LogP contribution < -0.4 is 9.97 Å². The minimum Gasteiger partial charge on any atom is -0.357 e. The van der Waals surface area contributed by atoms with Crippen LogP contribution in [0.15, 0.2) is 133 Å². The molecule has 5 aromatic heterocycles. The molecule has 8 bridgehead atoms. The van der Waals surface area contributed by atoms with Crippen molar-refractivity contribution < 1.29 is 21.1 Å². The van der Waals surface area contributed by atoms with E-state index < -0.39 is 0 Å². The van der Waals surface area contributed by atoms with Crippen LogP contribution in [0.3, 0.4) is 0 Å². The van der Waals surface area contributed by atoms with Gasteiger partial charge in [-0.3, -0.25) is 0 Å². The first-order valence-electron chi connectivity index (χ1n) is 14.9. The van der Waals surface area contributed by atoms with E-state index in [0.29, 0.717) is 45.2 Å². The van der Waals surface area contributed by atoms with Crippen LogP contribution in [-0.4, -0.2) is 29.9 Å². The van der Waals surface area contributed by atoms with E-state index in [4.69, 9.17) is 39.9 Å². The van der Waals surface area contributed by atoms with E-state index >= 15 is 0 Å². The van der Waals surface area contributed by atoms with Crippen LogP contribution in [-0.2, 0) is 21.1 Å². The molecule has 9 aromatic rings. The minimum atomic E-state index is 0. The maximum atomic E-state index is 4.96. The predicted octanol–water partition coefficient (Wildman–Crippen LogP) is 7.91. The van der Waals surface area contributed by atoms with Crippen LogP contribution in [0.5, 0.6) is 0 Å². The first-order valence-corrected chi connectivity index (χ1v) is 14.9. The Bertz CT molecular complexity index is 2380. The molecule has 0 spiro atoms. The van der Waals surface area contributed by atoms with E-state index in [-0.39, 0.29) is 21.1 Å². The molecule has 224 valence electrons. The smallest absolute Gasteiger partial charge is 0.357 e. The zero-order valence-electron chi connectivity index (χ0n) is 24.6. The molecule has 4 aromatic carbocycles. The molecule has 5 heterocycles. The number of nitrogens with zero attached hydrogens (tertiary/aromatic N) is 8. The molecule has 0 saturated heterocycles. The summed E-state index contributed by atoms with van der Waals surface area (Å²) in [6.07, 6.45) is 0. The maximum absolute atomic E-state index is 4.96. The van der Waals surface area contributed by atoms with E-state index in [9.17, 15) is 0 Å². The number of fused-ring (bicyclic) bond motifs is 14. The fourth-order valence-electron chi connectivity index (χ4n) is 5.79. The number of pyridine rings is 2. The minimum absolute atomic E-state index is 0. The van der Waals surface area contributed by atoms with E-state index in [1.54, 1.807) is 0 Å². The Balaban J connectivity index is 0.00000324. The van der Waals surface area contributed by atoms with Crippen LogP contribution in [0, 0.1) is 0 Å². The summed E-state index contributed by atoms with van der Waals surface area (Å²) in [4.78, 5) is 39.4. The summed E-state index contributed by atoms with van der Waals surface area (Å²) in [6, 6.07) is 43.9. The van der Waals surface area contributed by atoms with Crippen LogP contribution in [0.25, 0.3) is 89.0 Å². The van der Waals surface area contributed by atoms with Gasteiger partial charge >= 0.3 is 21.1 Å². The molecular formula is C38H22N8Pt. The first-order chi connectivity index (χ1) is 22.7. The molecule has 0 fully saturated rings. The molecule has 0 unspecified atom stereocenters. The van der Waals surface area contributed by atoms with Gasteiger partial charge in [0.15, 0.2) is 0 Å². The van der Waals surface area contributed by atoms with E-state index in [1.165, 1.54) is 0 Å².